The summed E-state index contributed by atoms with van der Waals surface area (Å²) in [5.41, 5.74) is 0.717. The van der Waals surface area contributed by atoms with E-state index in [1.807, 2.05) is 0 Å². The van der Waals surface area contributed by atoms with E-state index >= 15 is 0 Å². The van der Waals surface area contributed by atoms with Crippen molar-refractivity contribution in [3.8, 4) is 0 Å². The zero-order valence-electron chi connectivity index (χ0n) is 11.2. The average molecular weight is 283 g/mol. The standard InChI is InChI=1S/C14H21NO3S/c1-11(16)13-6-8-14(9-7-13)19(17,18)15-10-12-4-2-3-5-12/h6-9,11-12,15-16H,2-5,10H2,1H3. The van der Waals surface area contributed by atoms with Crippen LogP contribution in [0.2, 0.25) is 0 Å². The number of aliphatic hydroxyl groups is 1. The molecule has 1 aromatic carbocycles. The number of hydrogen-bond donors (Lipinski definition) is 2. The van der Waals surface area contributed by atoms with Crippen molar-refractivity contribution < 1.29 is 13.5 Å². The predicted octanol–water partition coefficient (Wildman–Crippen LogP) is 2.21. The van der Waals surface area contributed by atoms with Crippen LogP contribution >= 0.6 is 0 Å². The summed E-state index contributed by atoms with van der Waals surface area (Å²) in [6.45, 7) is 2.18. The van der Waals surface area contributed by atoms with Crippen molar-refractivity contribution in [3.63, 3.8) is 0 Å². The van der Waals surface area contributed by atoms with Gasteiger partial charge in [0.25, 0.3) is 0 Å². The van der Waals surface area contributed by atoms with E-state index in [0.717, 1.165) is 18.4 Å². The van der Waals surface area contributed by atoms with Crippen molar-refractivity contribution in [3.05, 3.63) is 29.8 Å². The van der Waals surface area contributed by atoms with Gasteiger partial charge in [0.1, 0.15) is 0 Å². The molecule has 5 heteroatoms. The number of nitrogens with one attached hydrogen (secondary N) is 1. The number of aliphatic hydroxyl groups excluding tert-OH is 1. The topological polar surface area (TPSA) is 66.4 Å². The van der Waals surface area contributed by atoms with Gasteiger partial charge in [0.2, 0.25) is 10.0 Å². The third-order valence-corrected chi connectivity index (χ3v) is 5.15. The third-order valence-electron chi connectivity index (χ3n) is 3.71. The van der Waals surface area contributed by atoms with Crippen LogP contribution in [0.25, 0.3) is 0 Å². The summed E-state index contributed by atoms with van der Waals surface area (Å²) in [6, 6.07) is 6.38. The second-order valence-corrected chi connectivity index (χ2v) is 7.01. The quantitative estimate of drug-likeness (QED) is 0.870. The van der Waals surface area contributed by atoms with Gasteiger partial charge in [-0.1, -0.05) is 25.0 Å². The maximum Gasteiger partial charge on any atom is 0.240 e. The van der Waals surface area contributed by atoms with Crippen molar-refractivity contribution in [2.24, 2.45) is 5.92 Å². The minimum atomic E-state index is -3.42. The van der Waals surface area contributed by atoms with Crippen molar-refractivity contribution in [2.45, 2.75) is 43.6 Å². The van der Waals surface area contributed by atoms with Crippen molar-refractivity contribution >= 4 is 10.0 Å². The molecule has 1 aliphatic rings. The highest BCUT2D eigenvalue weighted by molar-refractivity contribution is 7.89. The van der Waals surface area contributed by atoms with E-state index < -0.39 is 16.1 Å². The fourth-order valence-electron chi connectivity index (χ4n) is 2.45. The van der Waals surface area contributed by atoms with Crippen molar-refractivity contribution in [1.82, 2.24) is 4.72 Å². The first kappa shape index (κ1) is 14.5. The SMILES string of the molecule is CC(O)c1ccc(S(=O)(=O)NCC2CCCC2)cc1. The van der Waals surface area contributed by atoms with Gasteiger partial charge in [-0.2, -0.15) is 0 Å². The Kier molecular flexibility index (Phi) is 4.60. The fraction of sp³-hybridized carbons (Fsp3) is 0.571. The predicted molar refractivity (Wildman–Crippen MR) is 74.2 cm³/mol. The van der Waals surface area contributed by atoms with E-state index in [0.29, 0.717) is 12.5 Å². The Bertz CT molecular complexity index is 502. The molecule has 0 heterocycles. The van der Waals surface area contributed by atoms with Crippen LogP contribution in [0.3, 0.4) is 0 Å². The van der Waals surface area contributed by atoms with Gasteiger partial charge in [0.05, 0.1) is 11.0 Å². The molecule has 0 saturated heterocycles. The van der Waals surface area contributed by atoms with Gasteiger partial charge in [-0.3, -0.25) is 0 Å². The molecule has 106 valence electrons. The van der Waals surface area contributed by atoms with Gasteiger partial charge in [0, 0.05) is 6.54 Å². The Labute approximate surface area is 114 Å². The van der Waals surface area contributed by atoms with E-state index in [1.54, 1.807) is 31.2 Å². The molecule has 1 aromatic rings. The van der Waals surface area contributed by atoms with Gasteiger partial charge >= 0.3 is 0 Å². The smallest absolute Gasteiger partial charge is 0.240 e. The average Bonchev–Trinajstić information content (AvgIpc) is 2.90. The van der Waals surface area contributed by atoms with Crippen molar-refractivity contribution in [1.29, 1.82) is 0 Å². The summed E-state index contributed by atoms with van der Waals surface area (Å²) in [7, 11) is -3.42. The lowest BCUT2D eigenvalue weighted by molar-refractivity contribution is 0.199. The minimum absolute atomic E-state index is 0.259. The van der Waals surface area contributed by atoms with E-state index in [4.69, 9.17) is 0 Å². The van der Waals surface area contributed by atoms with Gasteiger partial charge in [-0.05, 0) is 43.4 Å². The van der Waals surface area contributed by atoms with Gasteiger partial charge in [-0.15, -0.1) is 0 Å². The second-order valence-electron chi connectivity index (χ2n) is 5.25. The molecular weight excluding hydrogens is 262 g/mol. The molecular formula is C14H21NO3S. The Balaban J connectivity index is 2.01. The van der Waals surface area contributed by atoms with E-state index in [9.17, 15) is 13.5 Å². The molecule has 0 aliphatic heterocycles. The Morgan fingerprint density at radius 3 is 2.37 bits per heavy atom. The van der Waals surface area contributed by atoms with Crippen LogP contribution < -0.4 is 4.72 Å². The van der Waals surface area contributed by atoms with Crippen LogP contribution in [-0.2, 0) is 10.0 Å². The van der Waals surface area contributed by atoms with Crippen LogP contribution in [0.5, 0.6) is 0 Å². The van der Waals surface area contributed by atoms with Gasteiger partial charge in [-0.25, -0.2) is 13.1 Å². The molecule has 1 saturated carbocycles. The molecule has 19 heavy (non-hydrogen) atoms. The zero-order chi connectivity index (χ0) is 13.9. The van der Waals surface area contributed by atoms with Gasteiger partial charge in [0.15, 0.2) is 0 Å². The fourth-order valence-corrected chi connectivity index (χ4v) is 3.57. The van der Waals surface area contributed by atoms with E-state index in [2.05, 4.69) is 4.72 Å². The summed E-state index contributed by atoms with van der Waals surface area (Å²) >= 11 is 0. The number of rotatable bonds is 5. The first-order valence-electron chi connectivity index (χ1n) is 6.77. The van der Waals surface area contributed by atoms with Crippen LogP contribution in [0, 0.1) is 5.92 Å². The minimum Gasteiger partial charge on any atom is -0.389 e. The highest BCUT2D eigenvalue weighted by Crippen LogP contribution is 2.24. The lowest BCUT2D eigenvalue weighted by Gasteiger charge is -2.12. The Morgan fingerprint density at radius 1 is 1.26 bits per heavy atom. The molecule has 1 unspecified atom stereocenters. The largest absolute Gasteiger partial charge is 0.389 e. The molecule has 1 fully saturated rings. The lowest BCUT2D eigenvalue weighted by Crippen LogP contribution is -2.28. The van der Waals surface area contributed by atoms with Crippen molar-refractivity contribution in [2.75, 3.05) is 6.54 Å². The summed E-state index contributed by atoms with van der Waals surface area (Å²) in [5.74, 6) is 0.478. The molecule has 1 atom stereocenters. The lowest BCUT2D eigenvalue weighted by atomic mass is 10.1. The zero-order valence-corrected chi connectivity index (χ0v) is 12.0. The van der Waals surface area contributed by atoms with Crippen LogP contribution in [0.1, 0.15) is 44.3 Å². The highest BCUT2D eigenvalue weighted by Gasteiger charge is 2.19. The summed E-state index contributed by atoms with van der Waals surface area (Å²) in [5, 5.41) is 9.40. The van der Waals surface area contributed by atoms with Crippen LogP contribution in [0.15, 0.2) is 29.2 Å². The van der Waals surface area contributed by atoms with E-state index in [-0.39, 0.29) is 4.90 Å². The molecule has 4 nitrogen and oxygen atoms in total. The Morgan fingerprint density at radius 2 is 1.84 bits per heavy atom. The first-order chi connectivity index (χ1) is 8.99. The molecule has 0 spiro atoms. The molecule has 1 aliphatic carbocycles. The molecule has 0 amide bonds. The molecule has 0 radical (unpaired) electrons. The third kappa shape index (κ3) is 3.78. The molecule has 2 rings (SSSR count). The first-order valence-corrected chi connectivity index (χ1v) is 8.25. The number of benzene rings is 1. The second kappa shape index (κ2) is 6.03. The monoisotopic (exact) mass is 283 g/mol. The Hall–Kier alpha value is -0.910. The van der Waals surface area contributed by atoms with Crippen LogP contribution in [-0.4, -0.2) is 20.1 Å². The summed E-state index contributed by atoms with van der Waals surface area (Å²) < 4.78 is 26.9. The highest BCUT2D eigenvalue weighted by atomic mass is 32.2. The molecule has 0 bridgehead atoms. The normalized spacial score (nSPS) is 18.6. The number of sulfonamides is 1. The summed E-state index contributed by atoms with van der Waals surface area (Å²) in [6.07, 6.45) is 4.06. The maximum absolute atomic E-state index is 12.1. The van der Waals surface area contributed by atoms with E-state index in [1.165, 1.54) is 12.8 Å². The molecule has 0 aromatic heterocycles. The van der Waals surface area contributed by atoms with Gasteiger partial charge < -0.3 is 5.11 Å². The molecule has 2 N–H and O–H groups in total. The van der Waals surface area contributed by atoms with Crippen LogP contribution in [0.4, 0.5) is 0 Å². The maximum atomic E-state index is 12.1. The summed E-state index contributed by atoms with van der Waals surface area (Å²) in [4.78, 5) is 0.259. The number of hydrogen-bond acceptors (Lipinski definition) is 3.